The summed E-state index contributed by atoms with van der Waals surface area (Å²) in [5, 5.41) is 0.144. The summed E-state index contributed by atoms with van der Waals surface area (Å²) >= 11 is 4.08. The van der Waals surface area contributed by atoms with Crippen LogP contribution in [-0.4, -0.2) is 36.0 Å². The third kappa shape index (κ3) is 6.46. The van der Waals surface area contributed by atoms with Crippen LogP contribution in [0.25, 0.3) is 0 Å². The van der Waals surface area contributed by atoms with Crippen molar-refractivity contribution in [3.8, 4) is 0 Å². The fourth-order valence-corrected chi connectivity index (χ4v) is 10.4. The average molecular weight is 537 g/mol. The first kappa shape index (κ1) is 29.0. The lowest BCUT2D eigenvalue weighted by atomic mass is 9.74. The maximum Gasteiger partial charge on any atom is 0.303 e. The van der Waals surface area contributed by atoms with Crippen molar-refractivity contribution >= 4 is 37.8 Å². The van der Waals surface area contributed by atoms with Crippen LogP contribution in [-0.2, 0) is 14.0 Å². The Bertz CT molecular complexity index is 862. The van der Waals surface area contributed by atoms with Crippen molar-refractivity contribution in [1.82, 2.24) is 0 Å². The highest BCUT2D eigenvalue weighted by atomic mass is 32.2. The SMILES string of the molecule is C=C(C)[C@H]1CC(O[Si](C)(C)C(C)(C)C)=C(C)[C@H](C2(C(OC(C)=O)C3=CCCCC3)SCCCS2)C1. The summed E-state index contributed by atoms with van der Waals surface area (Å²) in [7, 11) is -1.99. The van der Waals surface area contributed by atoms with E-state index >= 15 is 0 Å². The van der Waals surface area contributed by atoms with Gasteiger partial charge in [-0.15, -0.1) is 23.5 Å². The number of hydrogen-bond acceptors (Lipinski definition) is 5. The molecule has 0 aromatic heterocycles. The second kappa shape index (κ2) is 11.4. The standard InChI is InChI=1S/C29H48O3S2Si/c1-20(2)24-18-25(21(3)26(19-24)32-35(8,9)28(5,6)7)29(33-16-13-17-34-29)27(31-22(4)30)23-14-11-10-12-15-23/h14,24-25,27H,1,10-13,15-19H2,2-9H3/t24-,25-,27?/m1/s1. The van der Waals surface area contributed by atoms with Crippen molar-refractivity contribution in [3.63, 3.8) is 0 Å². The number of carbonyl (C=O) groups excluding carboxylic acids is 1. The van der Waals surface area contributed by atoms with E-state index in [-0.39, 0.29) is 27.1 Å². The molecular formula is C29H48O3S2Si. The van der Waals surface area contributed by atoms with Gasteiger partial charge in [-0.05, 0) is 99.1 Å². The van der Waals surface area contributed by atoms with Gasteiger partial charge in [0.05, 0.1) is 5.76 Å². The molecule has 3 rings (SSSR count). The number of esters is 1. The lowest BCUT2D eigenvalue weighted by Crippen LogP contribution is -2.51. The molecule has 35 heavy (non-hydrogen) atoms. The van der Waals surface area contributed by atoms with E-state index < -0.39 is 8.32 Å². The molecule has 3 nitrogen and oxygen atoms in total. The van der Waals surface area contributed by atoms with E-state index in [2.05, 4.69) is 60.4 Å². The van der Waals surface area contributed by atoms with E-state index in [1.165, 1.54) is 41.7 Å². The van der Waals surface area contributed by atoms with Gasteiger partial charge in [-0.2, -0.15) is 0 Å². The molecule has 6 heteroatoms. The Morgan fingerprint density at radius 3 is 2.34 bits per heavy atom. The third-order valence-corrected chi connectivity index (χ3v) is 16.5. The summed E-state index contributed by atoms with van der Waals surface area (Å²) in [5.74, 6) is 3.91. The van der Waals surface area contributed by atoms with Gasteiger partial charge in [0.2, 0.25) is 8.32 Å². The fraction of sp³-hybridized carbons (Fsp3) is 0.759. The Kier molecular flexibility index (Phi) is 9.46. The number of rotatable bonds is 7. The highest BCUT2D eigenvalue weighted by Gasteiger charge is 2.54. The van der Waals surface area contributed by atoms with Gasteiger partial charge >= 0.3 is 5.97 Å². The van der Waals surface area contributed by atoms with Gasteiger partial charge in [0.15, 0.2) is 0 Å². The van der Waals surface area contributed by atoms with Gasteiger partial charge in [-0.1, -0.05) is 39.0 Å². The lowest BCUT2D eigenvalue weighted by molar-refractivity contribution is -0.145. The zero-order valence-corrected chi connectivity index (χ0v) is 26.1. The van der Waals surface area contributed by atoms with Gasteiger partial charge < -0.3 is 9.16 Å². The molecule has 0 bridgehead atoms. The molecule has 198 valence electrons. The molecule has 1 unspecified atom stereocenters. The number of hydrogen-bond donors (Lipinski definition) is 0. The first-order valence-corrected chi connectivity index (χ1v) is 18.3. The minimum atomic E-state index is -1.99. The zero-order chi connectivity index (χ0) is 26.0. The van der Waals surface area contributed by atoms with Crippen LogP contribution in [0.2, 0.25) is 18.1 Å². The van der Waals surface area contributed by atoms with Gasteiger partial charge in [0, 0.05) is 19.3 Å². The maximum atomic E-state index is 12.5. The molecule has 1 fully saturated rings. The van der Waals surface area contributed by atoms with Crippen molar-refractivity contribution in [3.05, 3.63) is 35.1 Å². The minimum absolute atomic E-state index is 0.144. The summed E-state index contributed by atoms with van der Waals surface area (Å²) in [5.41, 5.74) is 3.95. The van der Waals surface area contributed by atoms with Crippen molar-refractivity contribution in [2.24, 2.45) is 11.8 Å². The fourth-order valence-electron chi connectivity index (χ4n) is 5.33. The topological polar surface area (TPSA) is 35.5 Å². The smallest absolute Gasteiger partial charge is 0.303 e. The Hall–Kier alpha value is -0.593. The maximum absolute atomic E-state index is 12.5. The normalized spacial score (nSPS) is 26.6. The molecule has 0 amide bonds. The van der Waals surface area contributed by atoms with Gasteiger partial charge in [0.25, 0.3) is 0 Å². The average Bonchev–Trinajstić information content (AvgIpc) is 2.78. The molecule has 0 radical (unpaired) electrons. The van der Waals surface area contributed by atoms with Crippen molar-refractivity contribution < 1.29 is 14.0 Å². The second-order valence-corrected chi connectivity index (χ2v) is 20.0. The van der Waals surface area contributed by atoms with Crippen LogP contribution < -0.4 is 0 Å². The molecule has 1 saturated heterocycles. The van der Waals surface area contributed by atoms with Crippen LogP contribution in [0, 0.1) is 11.8 Å². The van der Waals surface area contributed by atoms with Gasteiger partial charge in [-0.3, -0.25) is 4.79 Å². The Labute approximate surface area is 224 Å². The quantitative estimate of drug-likeness (QED) is 0.184. The summed E-state index contributed by atoms with van der Waals surface area (Å²) in [6, 6.07) is 0. The first-order valence-electron chi connectivity index (χ1n) is 13.5. The third-order valence-electron chi connectivity index (χ3n) is 8.54. The monoisotopic (exact) mass is 536 g/mol. The van der Waals surface area contributed by atoms with E-state index in [1.807, 2.05) is 23.5 Å². The van der Waals surface area contributed by atoms with E-state index in [1.54, 1.807) is 6.92 Å². The molecular weight excluding hydrogens is 489 g/mol. The van der Waals surface area contributed by atoms with E-state index in [0.717, 1.165) is 37.2 Å². The molecule has 3 aliphatic rings. The molecule has 2 aliphatic carbocycles. The molecule has 0 N–H and O–H groups in total. The predicted octanol–water partition coefficient (Wildman–Crippen LogP) is 8.88. The Morgan fingerprint density at radius 1 is 1.17 bits per heavy atom. The predicted molar refractivity (Wildman–Crippen MR) is 156 cm³/mol. The van der Waals surface area contributed by atoms with Crippen LogP contribution in [0.4, 0.5) is 0 Å². The second-order valence-electron chi connectivity index (χ2n) is 12.3. The molecule has 0 aromatic carbocycles. The Balaban J connectivity index is 2.13. The molecule has 1 aliphatic heterocycles. The van der Waals surface area contributed by atoms with Gasteiger partial charge in [0.1, 0.15) is 10.2 Å². The molecule has 3 atom stereocenters. The number of allylic oxidation sites excluding steroid dienone is 4. The summed E-state index contributed by atoms with van der Waals surface area (Å²) < 4.78 is 13.1. The zero-order valence-electron chi connectivity index (χ0n) is 23.4. The van der Waals surface area contributed by atoms with Crippen LogP contribution in [0.15, 0.2) is 35.1 Å². The molecule has 0 aromatic rings. The summed E-state index contributed by atoms with van der Waals surface area (Å²) in [6.07, 6.45) is 9.92. The molecule has 0 saturated carbocycles. The summed E-state index contributed by atoms with van der Waals surface area (Å²) in [4.78, 5) is 12.5. The largest absolute Gasteiger partial charge is 0.547 e. The van der Waals surface area contributed by atoms with Gasteiger partial charge in [-0.25, -0.2) is 0 Å². The highest BCUT2D eigenvalue weighted by Crippen LogP contribution is 2.59. The van der Waals surface area contributed by atoms with Crippen molar-refractivity contribution in [2.75, 3.05) is 11.5 Å². The van der Waals surface area contributed by atoms with Crippen molar-refractivity contribution in [1.29, 1.82) is 0 Å². The molecule has 1 heterocycles. The Morgan fingerprint density at radius 2 is 1.83 bits per heavy atom. The minimum Gasteiger partial charge on any atom is -0.547 e. The van der Waals surface area contributed by atoms with Crippen LogP contribution >= 0.6 is 23.5 Å². The summed E-state index contributed by atoms with van der Waals surface area (Å²) in [6.45, 7) is 22.1. The van der Waals surface area contributed by atoms with Crippen molar-refractivity contribution in [2.45, 2.75) is 115 Å². The van der Waals surface area contributed by atoms with E-state index in [0.29, 0.717) is 5.92 Å². The van der Waals surface area contributed by atoms with E-state index in [9.17, 15) is 4.79 Å². The molecule has 0 spiro atoms. The van der Waals surface area contributed by atoms with E-state index in [4.69, 9.17) is 9.16 Å². The van der Waals surface area contributed by atoms with Crippen LogP contribution in [0.3, 0.4) is 0 Å². The number of carbonyl (C=O) groups is 1. The number of ether oxygens (including phenoxy) is 1. The highest BCUT2D eigenvalue weighted by molar-refractivity contribution is 8.18. The number of thioether (sulfide) groups is 2. The van der Waals surface area contributed by atoms with Crippen LogP contribution in [0.1, 0.15) is 86.5 Å². The lowest BCUT2D eigenvalue weighted by Gasteiger charge is -2.51. The van der Waals surface area contributed by atoms with Crippen LogP contribution in [0.5, 0.6) is 0 Å². The first-order chi connectivity index (χ1) is 16.3.